The lowest BCUT2D eigenvalue weighted by Crippen LogP contribution is -2.26. The Morgan fingerprint density at radius 2 is 2.00 bits per heavy atom. The second kappa shape index (κ2) is 8.22. The molecular formula is C17H23NO3S. The molecule has 1 atom stereocenters. The topological polar surface area (TPSA) is 66.4 Å². The Hall–Kier alpha value is -1.49. The molecule has 1 saturated carbocycles. The molecule has 120 valence electrons. The summed E-state index contributed by atoms with van der Waals surface area (Å²) >= 11 is 1.21. The quantitative estimate of drug-likeness (QED) is 0.754. The van der Waals surface area contributed by atoms with Crippen LogP contribution in [0.25, 0.3) is 0 Å². The van der Waals surface area contributed by atoms with Crippen molar-refractivity contribution in [3.05, 3.63) is 29.8 Å². The SMILES string of the molecule is CC(Sc1ccccc1C(=O)NCCC1CCCC1)C(=O)O. The minimum absolute atomic E-state index is 0.112. The van der Waals surface area contributed by atoms with Gasteiger partial charge in [-0.05, 0) is 31.4 Å². The third kappa shape index (κ3) is 4.77. The van der Waals surface area contributed by atoms with E-state index in [0.717, 1.165) is 17.2 Å². The summed E-state index contributed by atoms with van der Waals surface area (Å²) in [6.07, 6.45) is 6.21. The summed E-state index contributed by atoms with van der Waals surface area (Å²) < 4.78 is 0. The highest BCUT2D eigenvalue weighted by Crippen LogP contribution is 2.28. The zero-order valence-corrected chi connectivity index (χ0v) is 13.7. The standard InChI is InChI=1S/C17H23NO3S/c1-12(17(20)21)22-15-9-5-4-8-14(15)16(19)18-11-10-13-6-2-3-7-13/h4-5,8-9,12-13H,2-3,6-7,10-11H2,1H3,(H,18,19)(H,20,21). The minimum Gasteiger partial charge on any atom is -0.480 e. The van der Waals surface area contributed by atoms with E-state index in [1.165, 1.54) is 37.4 Å². The molecule has 1 aromatic carbocycles. The molecule has 0 aliphatic heterocycles. The number of carbonyl (C=O) groups is 2. The van der Waals surface area contributed by atoms with Gasteiger partial charge in [0.2, 0.25) is 0 Å². The van der Waals surface area contributed by atoms with Crippen molar-refractivity contribution in [2.24, 2.45) is 5.92 Å². The number of thioether (sulfide) groups is 1. The molecular weight excluding hydrogens is 298 g/mol. The number of nitrogens with one attached hydrogen (secondary N) is 1. The zero-order chi connectivity index (χ0) is 15.9. The molecule has 0 aromatic heterocycles. The van der Waals surface area contributed by atoms with Crippen LogP contribution in [-0.2, 0) is 4.79 Å². The van der Waals surface area contributed by atoms with Crippen molar-refractivity contribution in [1.29, 1.82) is 0 Å². The summed E-state index contributed by atoms with van der Waals surface area (Å²) in [4.78, 5) is 24.0. The van der Waals surface area contributed by atoms with Gasteiger partial charge in [0.05, 0.1) is 5.56 Å². The number of hydrogen-bond acceptors (Lipinski definition) is 3. The van der Waals surface area contributed by atoms with Crippen LogP contribution >= 0.6 is 11.8 Å². The Kier molecular flexibility index (Phi) is 6.31. The maximum Gasteiger partial charge on any atom is 0.316 e. The number of benzene rings is 1. The molecule has 0 heterocycles. The third-order valence-corrected chi connectivity index (χ3v) is 5.26. The molecule has 0 bridgehead atoms. The summed E-state index contributed by atoms with van der Waals surface area (Å²) in [5.41, 5.74) is 0.562. The van der Waals surface area contributed by atoms with Crippen molar-refractivity contribution in [3.63, 3.8) is 0 Å². The van der Waals surface area contributed by atoms with Gasteiger partial charge in [0, 0.05) is 11.4 Å². The Balaban J connectivity index is 1.92. The van der Waals surface area contributed by atoms with Crippen LogP contribution in [0, 0.1) is 5.92 Å². The van der Waals surface area contributed by atoms with Crippen molar-refractivity contribution in [2.45, 2.75) is 49.2 Å². The molecule has 1 amide bonds. The predicted octanol–water partition coefficient (Wildman–Crippen LogP) is 3.56. The average Bonchev–Trinajstić information content (AvgIpc) is 3.00. The first-order valence-electron chi connectivity index (χ1n) is 7.84. The number of carboxylic acid groups (broad SMARTS) is 1. The van der Waals surface area contributed by atoms with E-state index in [9.17, 15) is 9.59 Å². The summed E-state index contributed by atoms with van der Waals surface area (Å²) in [6, 6.07) is 7.19. The minimum atomic E-state index is -0.874. The summed E-state index contributed by atoms with van der Waals surface area (Å²) in [7, 11) is 0. The maximum absolute atomic E-state index is 12.3. The lowest BCUT2D eigenvalue weighted by molar-refractivity contribution is -0.136. The molecule has 22 heavy (non-hydrogen) atoms. The zero-order valence-electron chi connectivity index (χ0n) is 12.9. The predicted molar refractivity (Wildman–Crippen MR) is 88.3 cm³/mol. The molecule has 4 nitrogen and oxygen atoms in total. The Labute approximate surface area is 135 Å². The first-order chi connectivity index (χ1) is 10.6. The van der Waals surface area contributed by atoms with Gasteiger partial charge in [-0.15, -0.1) is 11.8 Å². The average molecular weight is 321 g/mol. The van der Waals surface area contributed by atoms with E-state index in [1.807, 2.05) is 6.07 Å². The van der Waals surface area contributed by atoms with E-state index in [4.69, 9.17) is 5.11 Å². The van der Waals surface area contributed by atoms with Crippen LogP contribution in [-0.4, -0.2) is 28.8 Å². The molecule has 2 N–H and O–H groups in total. The van der Waals surface area contributed by atoms with Crippen LogP contribution in [0.4, 0.5) is 0 Å². The molecule has 1 aliphatic rings. The molecule has 1 aromatic rings. The van der Waals surface area contributed by atoms with E-state index >= 15 is 0 Å². The first kappa shape index (κ1) is 16.9. The number of amides is 1. The molecule has 1 unspecified atom stereocenters. The van der Waals surface area contributed by atoms with Gasteiger partial charge in [0.15, 0.2) is 0 Å². The summed E-state index contributed by atoms with van der Waals surface area (Å²) in [5.74, 6) is -0.239. The second-order valence-electron chi connectivity index (χ2n) is 5.79. The number of carboxylic acids is 1. The van der Waals surface area contributed by atoms with E-state index in [2.05, 4.69) is 5.32 Å². The normalized spacial score (nSPS) is 16.4. The second-order valence-corrected chi connectivity index (χ2v) is 7.17. The van der Waals surface area contributed by atoms with Gasteiger partial charge in [0.25, 0.3) is 5.91 Å². The van der Waals surface area contributed by atoms with Crippen molar-refractivity contribution in [3.8, 4) is 0 Å². The fraction of sp³-hybridized carbons (Fsp3) is 0.529. The molecule has 1 aliphatic carbocycles. The van der Waals surface area contributed by atoms with Gasteiger partial charge < -0.3 is 10.4 Å². The summed E-state index contributed by atoms with van der Waals surface area (Å²) in [6.45, 7) is 2.32. The first-order valence-corrected chi connectivity index (χ1v) is 8.72. The van der Waals surface area contributed by atoms with Crippen molar-refractivity contribution in [2.75, 3.05) is 6.54 Å². The Bertz CT molecular complexity index is 526. The van der Waals surface area contributed by atoms with Crippen molar-refractivity contribution < 1.29 is 14.7 Å². The monoisotopic (exact) mass is 321 g/mol. The summed E-state index contributed by atoms with van der Waals surface area (Å²) in [5, 5.41) is 11.4. The van der Waals surface area contributed by atoms with Gasteiger partial charge in [0.1, 0.15) is 5.25 Å². The fourth-order valence-electron chi connectivity index (χ4n) is 2.78. The lowest BCUT2D eigenvalue weighted by Gasteiger charge is -2.13. The van der Waals surface area contributed by atoms with Crippen molar-refractivity contribution in [1.82, 2.24) is 5.32 Å². The molecule has 5 heteroatoms. The number of aliphatic carboxylic acids is 1. The van der Waals surface area contributed by atoms with E-state index in [-0.39, 0.29) is 5.91 Å². The van der Waals surface area contributed by atoms with Gasteiger partial charge in [-0.3, -0.25) is 9.59 Å². The van der Waals surface area contributed by atoms with E-state index < -0.39 is 11.2 Å². The van der Waals surface area contributed by atoms with Crippen LogP contribution in [0.2, 0.25) is 0 Å². The van der Waals surface area contributed by atoms with Gasteiger partial charge in [-0.25, -0.2) is 0 Å². The molecule has 0 radical (unpaired) electrons. The largest absolute Gasteiger partial charge is 0.480 e. The Morgan fingerprint density at radius 1 is 1.32 bits per heavy atom. The Morgan fingerprint density at radius 3 is 2.68 bits per heavy atom. The maximum atomic E-state index is 12.3. The van der Waals surface area contributed by atoms with E-state index in [0.29, 0.717) is 12.1 Å². The fourth-order valence-corrected chi connectivity index (χ4v) is 3.71. The highest BCUT2D eigenvalue weighted by Gasteiger charge is 2.18. The van der Waals surface area contributed by atoms with Gasteiger partial charge in [-0.2, -0.15) is 0 Å². The highest BCUT2D eigenvalue weighted by atomic mass is 32.2. The van der Waals surface area contributed by atoms with E-state index in [1.54, 1.807) is 25.1 Å². The molecule has 2 rings (SSSR count). The van der Waals surface area contributed by atoms with Gasteiger partial charge in [-0.1, -0.05) is 37.8 Å². The van der Waals surface area contributed by atoms with Crippen molar-refractivity contribution >= 4 is 23.6 Å². The van der Waals surface area contributed by atoms with Crippen LogP contribution in [0.5, 0.6) is 0 Å². The van der Waals surface area contributed by atoms with Crippen LogP contribution in [0.1, 0.15) is 49.4 Å². The number of hydrogen-bond donors (Lipinski definition) is 2. The van der Waals surface area contributed by atoms with Crippen LogP contribution in [0.15, 0.2) is 29.2 Å². The molecule has 0 spiro atoms. The number of carbonyl (C=O) groups excluding carboxylic acids is 1. The van der Waals surface area contributed by atoms with Gasteiger partial charge >= 0.3 is 5.97 Å². The number of rotatable bonds is 7. The van der Waals surface area contributed by atoms with Crippen LogP contribution < -0.4 is 5.32 Å². The highest BCUT2D eigenvalue weighted by molar-refractivity contribution is 8.00. The third-order valence-electron chi connectivity index (χ3n) is 4.10. The smallest absolute Gasteiger partial charge is 0.316 e. The van der Waals surface area contributed by atoms with Crippen LogP contribution in [0.3, 0.4) is 0 Å². The molecule has 0 saturated heterocycles. The lowest BCUT2D eigenvalue weighted by atomic mass is 10.0. The molecule has 1 fully saturated rings.